The van der Waals surface area contributed by atoms with Crippen molar-refractivity contribution in [3.8, 4) is 0 Å². The molecule has 0 aromatic carbocycles. The molecule has 0 aliphatic carbocycles. The van der Waals surface area contributed by atoms with Gasteiger partial charge < -0.3 is 5.32 Å². The molecule has 0 fully saturated rings. The monoisotopic (exact) mass is 317 g/mol. The Kier molecular flexibility index (Phi) is 5.60. The number of aryl methyl sites for hydroxylation is 1. The lowest BCUT2D eigenvalue weighted by molar-refractivity contribution is 0.0957. The number of halogens is 1. The van der Waals surface area contributed by atoms with E-state index in [1.165, 1.54) is 16.2 Å². The lowest BCUT2D eigenvalue weighted by Gasteiger charge is -2.12. The quantitative estimate of drug-likeness (QED) is 0.834. The molecule has 2 heterocycles. The van der Waals surface area contributed by atoms with E-state index < -0.39 is 0 Å². The van der Waals surface area contributed by atoms with E-state index in [9.17, 15) is 4.79 Å². The molecule has 5 heteroatoms. The minimum Gasteiger partial charge on any atom is -0.350 e. The van der Waals surface area contributed by atoms with E-state index in [0.29, 0.717) is 12.5 Å². The highest BCUT2D eigenvalue weighted by molar-refractivity contribution is 7.98. The van der Waals surface area contributed by atoms with E-state index in [0.717, 1.165) is 23.5 Å². The molecule has 0 bridgehead atoms. The highest BCUT2D eigenvalue weighted by Crippen LogP contribution is 2.31. The molecule has 2 nitrogen and oxygen atoms in total. The highest BCUT2D eigenvalue weighted by Gasteiger charge is 2.18. The lowest BCUT2D eigenvalue weighted by Crippen LogP contribution is -2.29. The van der Waals surface area contributed by atoms with Crippen LogP contribution in [0.15, 0.2) is 6.07 Å². The second kappa shape index (κ2) is 7.00. The maximum atomic E-state index is 12.1. The molecule has 0 saturated heterocycles. The standard InChI is InChI=1S/C14H20ClNOS2/c1-9(2)5-11(15)7-16-14(17)13-6-10-8-18-4-3-12(10)19-13/h6,9,11H,3-5,7-8H2,1-2H3,(H,16,17). The van der Waals surface area contributed by atoms with Crippen LogP contribution in [0.3, 0.4) is 0 Å². The van der Waals surface area contributed by atoms with Gasteiger partial charge in [-0.2, -0.15) is 11.8 Å². The first-order chi connectivity index (χ1) is 9.06. The van der Waals surface area contributed by atoms with Gasteiger partial charge in [0.1, 0.15) is 0 Å². The zero-order chi connectivity index (χ0) is 13.8. The van der Waals surface area contributed by atoms with Crippen LogP contribution in [0.1, 0.15) is 40.4 Å². The van der Waals surface area contributed by atoms with Crippen LogP contribution in [0.25, 0.3) is 0 Å². The van der Waals surface area contributed by atoms with E-state index in [2.05, 4.69) is 19.2 Å². The number of thiophene rings is 1. The summed E-state index contributed by atoms with van der Waals surface area (Å²) in [5.74, 6) is 2.81. The van der Waals surface area contributed by atoms with Crippen LogP contribution in [0.2, 0.25) is 0 Å². The van der Waals surface area contributed by atoms with E-state index in [4.69, 9.17) is 11.6 Å². The van der Waals surface area contributed by atoms with E-state index in [-0.39, 0.29) is 11.3 Å². The number of nitrogens with one attached hydrogen (secondary N) is 1. The first kappa shape index (κ1) is 15.2. The zero-order valence-corrected chi connectivity index (χ0v) is 13.8. The Labute approximate surface area is 128 Å². The van der Waals surface area contributed by atoms with Gasteiger partial charge in [-0.05, 0) is 36.1 Å². The summed E-state index contributed by atoms with van der Waals surface area (Å²) >= 11 is 9.78. The molecule has 19 heavy (non-hydrogen) atoms. The lowest BCUT2D eigenvalue weighted by atomic mass is 10.1. The van der Waals surface area contributed by atoms with E-state index in [1.54, 1.807) is 11.3 Å². The molecular formula is C14H20ClNOS2. The molecule has 1 aliphatic heterocycles. The van der Waals surface area contributed by atoms with Gasteiger partial charge >= 0.3 is 0 Å². The van der Waals surface area contributed by atoms with Gasteiger partial charge in [0, 0.05) is 17.2 Å². The third kappa shape index (κ3) is 4.40. The van der Waals surface area contributed by atoms with Gasteiger partial charge in [-0.3, -0.25) is 4.79 Å². The first-order valence-electron chi connectivity index (χ1n) is 6.68. The fourth-order valence-electron chi connectivity index (χ4n) is 2.14. The van der Waals surface area contributed by atoms with Crippen LogP contribution >= 0.6 is 34.7 Å². The third-order valence-electron chi connectivity index (χ3n) is 3.06. The summed E-state index contributed by atoms with van der Waals surface area (Å²) in [5, 5.41) is 2.97. The van der Waals surface area contributed by atoms with Gasteiger partial charge in [-0.25, -0.2) is 0 Å². The molecule has 1 N–H and O–H groups in total. The molecule has 1 unspecified atom stereocenters. The molecule has 0 radical (unpaired) electrons. The fraction of sp³-hybridized carbons (Fsp3) is 0.643. The molecule has 1 aromatic heterocycles. The summed E-state index contributed by atoms with van der Waals surface area (Å²) in [6.07, 6.45) is 2.03. The Morgan fingerprint density at radius 1 is 1.53 bits per heavy atom. The Bertz CT molecular complexity index is 421. The summed E-state index contributed by atoms with van der Waals surface area (Å²) in [4.78, 5) is 14.3. The molecule has 2 rings (SSSR count). The first-order valence-corrected chi connectivity index (χ1v) is 9.08. The molecule has 0 spiro atoms. The van der Waals surface area contributed by atoms with Gasteiger partial charge in [0.05, 0.1) is 10.3 Å². The Hall–Kier alpha value is -0.190. The number of rotatable bonds is 5. The number of fused-ring (bicyclic) bond motifs is 1. The van der Waals surface area contributed by atoms with Crippen LogP contribution in [0.5, 0.6) is 0 Å². The fourth-order valence-corrected chi connectivity index (χ4v) is 4.87. The number of carbonyl (C=O) groups excluding carboxylic acids is 1. The number of hydrogen-bond donors (Lipinski definition) is 1. The average molecular weight is 318 g/mol. The minimum absolute atomic E-state index is 0.0223. The van der Waals surface area contributed by atoms with Crippen molar-refractivity contribution >= 4 is 40.6 Å². The summed E-state index contributed by atoms with van der Waals surface area (Å²) in [6, 6.07) is 2.05. The topological polar surface area (TPSA) is 29.1 Å². The van der Waals surface area contributed by atoms with E-state index in [1.807, 2.05) is 17.8 Å². The molecule has 1 amide bonds. The second-order valence-corrected chi connectivity index (χ2v) is 8.16. The number of carbonyl (C=O) groups is 1. The van der Waals surface area contributed by atoms with Gasteiger partial charge in [0.15, 0.2) is 0 Å². The van der Waals surface area contributed by atoms with Crippen molar-refractivity contribution in [1.82, 2.24) is 5.32 Å². The molecule has 1 aromatic rings. The molecule has 106 valence electrons. The maximum Gasteiger partial charge on any atom is 0.261 e. The van der Waals surface area contributed by atoms with Crippen LogP contribution in [-0.2, 0) is 12.2 Å². The Morgan fingerprint density at radius 2 is 2.32 bits per heavy atom. The minimum atomic E-state index is 0.0223. The van der Waals surface area contributed by atoms with Crippen molar-refractivity contribution in [2.24, 2.45) is 5.92 Å². The third-order valence-corrected chi connectivity index (χ3v) is 5.64. The van der Waals surface area contributed by atoms with E-state index >= 15 is 0 Å². The average Bonchev–Trinajstić information content (AvgIpc) is 2.78. The van der Waals surface area contributed by atoms with Crippen molar-refractivity contribution in [3.05, 3.63) is 21.4 Å². The number of hydrogen-bond acceptors (Lipinski definition) is 3. The highest BCUT2D eigenvalue weighted by atomic mass is 35.5. The van der Waals surface area contributed by atoms with Crippen LogP contribution in [0.4, 0.5) is 0 Å². The number of thioether (sulfide) groups is 1. The SMILES string of the molecule is CC(C)CC(Cl)CNC(=O)c1cc2c(s1)CCSC2. The normalized spacial score (nSPS) is 16.2. The predicted octanol–water partition coefficient (Wildman–Crippen LogP) is 3.92. The molecular weight excluding hydrogens is 298 g/mol. The van der Waals surface area contributed by atoms with Crippen molar-refractivity contribution in [1.29, 1.82) is 0 Å². The summed E-state index contributed by atoms with van der Waals surface area (Å²) in [5.41, 5.74) is 1.34. The Balaban J connectivity index is 1.87. The van der Waals surface area contributed by atoms with Gasteiger partial charge in [0.25, 0.3) is 5.91 Å². The van der Waals surface area contributed by atoms with Crippen molar-refractivity contribution in [2.45, 2.75) is 37.8 Å². The van der Waals surface area contributed by atoms with Gasteiger partial charge in [-0.1, -0.05) is 13.8 Å². The van der Waals surface area contributed by atoms with Crippen LogP contribution in [-0.4, -0.2) is 23.6 Å². The van der Waals surface area contributed by atoms with Gasteiger partial charge in [0.2, 0.25) is 0 Å². The summed E-state index contributed by atoms with van der Waals surface area (Å²) in [6.45, 7) is 4.83. The van der Waals surface area contributed by atoms with Crippen molar-refractivity contribution in [2.75, 3.05) is 12.3 Å². The predicted molar refractivity (Wildman–Crippen MR) is 85.6 cm³/mol. The van der Waals surface area contributed by atoms with Crippen molar-refractivity contribution < 1.29 is 4.79 Å². The molecule has 1 atom stereocenters. The smallest absolute Gasteiger partial charge is 0.261 e. The summed E-state index contributed by atoms with van der Waals surface area (Å²) in [7, 11) is 0. The molecule has 1 aliphatic rings. The largest absolute Gasteiger partial charge is 0.350 e. The maximum absolute atomic E-state index is 12.1. The number of alkyl halides is 1. The van der Waals surface area contributed by atoms with Crippen LogP contribution in [0, 0.1) is 5.92 Å². The number of amides is 1. The molecule has 0 saturated carbocycles. The van der Waals surface area contributed by atoms with Gasteiger partial charge in [-0.15, -0.1) is 22.9 Å². The zero-order valence-electron chi connectivity index (χ0n) is 11.4. The second-order valence-electron chi connectivity index (χ2n) is 5.30. The van der Waals surface area contributed by atoms with Crippen molar-refractivity contribution in [3.63, 3.8) is 0 Å². The van der Waals surface area contributed by atoms with Crippen LogP contribution < -0.4 is 5.32 Å². The Morgan fingerprint density at radius 3 is 3.00 bits per heavy atom. The summed E-state index contributed by atoms with van der Waals surface area (Å²) < 4.78 is 0.